The summed E-state index contributed by atoms with van der Waals surface area (Å²) in [6.45, 7) is 2.13. The number of hydrogen-bond acceptors (Lipinski definition) is 4. The number of hydrogen-bond donors (Lipinski definition) is 2. The predicted molar refractivity (Wildman–Crippen MR) is 112 cm³/mol. The number of carbonyl (C=O) groups is 1. The van der Waals surface area contributed by atoms with E-state index in [4.69, 9.17) is 0 Å². The Balaban J connectivity index is 1.34. The molecule has 0 radical (unpaired) electrons. The van der Waals surface area contributed by atoms with Crippen LogP contribution in [0.4, 0.5) is 0 Å². The number of nitrogens with zero attached hydrogens (tertiary/aromatic N) is 2. The highest BCUT2D eigenvalue weighted by Crippen LogP contribution is 2.29. The largest absolute Gasteiger partial charge is 0.349 e. The Labute approximate surface area is 169 Å². The van der Waals surface area contributed by atoms with E-state index in [0.29, 0.717) is 10.9 Å². The minimum absolute atomic E-state index is 0.0188. The van der Waals surface area contributed by atoms with E-state index in [0.717, 1.165) is 37.1 Å². The van der Waals surface area contributed by atoms with Crippen LogP contribution in [0.25, 0.3) is 11.4 Å². The minimum Gasteiger partial charge on any atom is -0.349 e. The van der Waals surface area contributed by atoms with Gasteiger partial charge in [0.2, 0.25) is 11.1 Å². The maximum Gasteiger partial charge on any atom is 0.230 e. The number of H-pyrrole nitrogens is 1. The second-order valence-corrected chi connectivity index (χ2v) is 7.96. The zero-order valence-corrected chi connectivity index (χ0v) is 16.8. The number of aromatic amines is 1. The van der Waals surface area contributed by atoms with Crippen LogP contribution in [0.3, 0.4) is 0 Å². The SMILES string of the molecule is CCc1ccc(-c2nc(SCC(=O)NC3CCCc4ccccc43)n[nH]2)cc1. The lowest BCUT2D eigenvalue weighted by Gasteiger charge is -2.26. The Kier molecular flexibility index (Phi) is 5.76. The first-order valence-electron chi connectivity index (χ1n) is 9.74. The summed E-state index contributed by atoms with van der Waals surface area (Å²) in [6, 6.07) is 16.8. The van der Waals surface area contributed by atoms with E-state index in [9.17, 15) is 4.79 Å². The molecule has 1 heterocycles. The summed E-state index contributed by atoms with van der Waals surface area (Å²) in [5.41, 5.74) is 4.89. The molecule has 1 aliphatic carbocycles. The molecule has 0 bridgehead atoms. The highest BCUT2D eigenvalue weighted by Gasteiger charge is 2.21. The first kappa shape index (κ1) is 18.7. The number of nitrogens with one attached hydrogen (secondary N) is 2. The molecule has 0 saturated carbocycles. The van der Waals surface area contributed by atoms with Crippen molar-refractivity contribution in [2.75, 3.05) is 5.75 Å². The summed E-state index contributed by atoms with van der Waals surface area (Å²) in [6.07, 6.45) is 4.21. The number of fused-ring (bicyclic) bond motifs is 1. The number of aryl methyl sites for hydroxylation is 2. The van der Waals surface area contributed by atoms with Gasteiger partial charge in [0.15, 0.2) is 5.82 Å². The molecule has 28 heavy (non-hydrogen) atoms. The van der Waals surface area contributed by atoms with Gasteiger partial charge in [-0.3, -0.25) is 9.89 Å². The van der Waals surface area contributed by atoms with Crippen LogP contribution in [-0.2, 0) is 17.6 Å². The van der Waals surface area contributed by atoms with Crippen molar-refractivity contribution in [1.29, 1.82) is 0 Å². The maximum absolute atomic E-state index is 12.4. The van der Waals surface area contributed by atoms with Crippen molar-refractivity contribution in [2.45, 2.75) is 43.8 Å². The lowest BCUT2D eigenvalue weighted by atomic mass is 9.88. The second kappa shape index (κ2) is 8.61. The van der Waals surface area contributed by atoms with Crippen LogP contribution in [0, 0.1) is 0 Å². The molecular formula is C22H24N4OS. The fourth-order valence-electron chi connectivity index (χ4n) is 3.61. The summed E-state index contributed by atoms with van der Waals surface area (Å²) in [7, 11) is 0. The summed E-state index contributed by atoms with van der Waals surface area (Å²) in [5, 5.41) is 11.0. The maximum atomic E-state index is 12.4. The smallest absolute Gasteiger partial charge is 0.230 e. The monoisotopic (exact) mass is 392 g/mol. The van der Waals surface area contributed by atoms with Crippen molar-refractivity contribution >= 4 is 17.7 Å². The van der Waals surface area contributed by atoms with Gasteiger partial charge in [0.25, 0.3) is 0 Å². The third-order valence-electron chi connectivity index (χ3n) is 5.14. The predicted octanol–water partition coefficient (Wildman–Crippen LogP) is 4.32. The molecule has 5 nitrogen and oxygen atoms in total. The van der Waals surface area contributed by atoms with Gasteiger partial charge < -0.3 is 5.32 Å². The van der Waals surface area contributed by atoms with E-state index < -0.39 is 0 Å². The Morgan fingerprint density at radius 1 is 1.21 bits per heavy atom. The molecule has 4 rings (SSSR count). The first-order chi connectivity index (χ1) is 13.7. The Morgan fingerprint density at radius 3 is 2.86 bits per heavy atom. The summed E-state index contributed by atoms with van der Waals surface area (Å²) in [4.78, 5) is 17.0. The molecule has 0 aliphatic heterocycles. The minimum atomic E-state index is 0.0188. The zero-order valence-electron chi connectivity index (χ0n) is 15.9. The van der Waals surface area contributed by atoms with Gasteiger partial charge >= 0.3 is 0 Å². The highest BCUT2D eigenvalue weighted by atomic mass is 32.2. The van der Waals surface area contributed by atoms with Gasteiger partial charge in [0.05, 0.1) is 11.8 Å². The van der Waals surface area contributed by atoms with Crippen LogP contribution < -0.4 is 5.32 Å². The number of benzene rings is 2. The van der Waals surface area contributed by atoms with Gasteiger partial charge in [-0.25, -0.2) is 4.98 Å². The van der Waals surface area contributed by atoms with Gasteiger partial charge in [-0.15, -0.1) is 5.10 Å². The van der Waals surface area contributed by atoms with Crippen molar-refractivity contribution in [2.24, 2.45) is 0 Å². The summed E-state index contributed by atoms with van der Waals surface area (Å²) < 4.78 is 0. The number of thioether (sulfide) groups is 1. The van der Waals surface area contributed by atoms with E-state index >= 15 is 0 Å². The average Bonchev–Trinajstić information content (AvgIpc) is 3.22. The van der Waals surface area contributed by atoms with Gasteiger partial charge in [0.1, 0.15) is 0 Å². The van der Waals surface area contributed by atoms with Crippen LogP contribution in [0.15, 0.2) is 53.7 Å². The molecule has 1 atom stereocenters. The molecule has 3 aromatic rings. The molecule has 144 valence electrons. The third kappa shape index (κ3) is 4.28. The molecule has 2 aromatic carbocycles. The zero-order chi connectivity index (χ0) is 19.3. The Bertz CT molecular complexity index is 951. The standard InChI is InChI=1S/C22H24N4OS/c1-2-15-10-12-17(13-11-15)21-24-22(26-25-21)28-14-20(27)23-19-9-5-7-16-6-3-4-8-18(16)19/h3-4,6,8,10-13,19H,2,5,7,9,14H2,1H3,(H,23,27)(H,24,25,26). The molecule has 0 saturated heterocycles. The Hall–Kier alpha value is -2.60. The van der Waals surface area contributed by atoms with E-state index in [1.54, 1.807) is 0 Å². The highest BCUT2D eigenvalue weighted by molar-refractivity contribution is 7.99. The third-order valence-corrected chi connectivity index (χ3v) is 5.98. The van der Waals surface area contributed by atoms with Crippen molar-refractivity contribution in [3.8, 4) is 11.4 Å². The fraction of sp³-hybridized carbons (Fsp3) is 0.318. The van der Waals surface area contributed by atoms with Gasteiger partial charge in [-0.2, -0.15) is 0 Å². The van der Waals surface area contributed by atoms with E-state index in [-0.39, 0.29) is 11.9 Å². The normalized spacial score (nSPS) is 15.8. The molecule has 1 unspecified atom stereocenters. The van der Waals surface area contributed by atoms with E-state index in [1.165, 1.54) is 28.5 Å². The van der Waals surface area contributed by atoms with Crippen LogP contribution in [0.5, 0.6) is 0 Å². The van der Waals surface area contributed by atoms with Crippen LogP contribution in [0.2, 0.25) is 0 Å². The second-order valence-electron chi connectivity index (χ2n) is 7.02. The van der Waals surface area contributed by atoms with E-state index in [1.807, 2.05) is 18.2 Å². The van der Waals surface area contributed by atoms with Crippen LogP contribution in [0.1, 0.15) is 42.5 Å². The summed E-state index contributed by atoms with van der Waals surface area (Å²) in [5.74, 6) is 1.06. The number of rotatable bonds is 6. The molecule has 2 N–H and O–H groups in total. The quantitative estimate of drug-likeness (QED) is 0.613. The van der Waals surface area contributed by atoms with E-state index in [2.05, 4.69) is 57.8 Å². The topological polar surface area (TPSA) is 70.7 Å². The number of aromatic nitrogens is 3. The fourth-order valence-corrected chi connectivity index (χ4v) is 4.22. The first-order valence-corrected chi connectivity index (χ1v) is 10.7. The lowest BCUT2D eigenvalue weighted by molar-refractivity contribution is -0.119. The van der Waals surface area contributed by atoms with Gasteiger partial charge in [-0.1, -0.05) is 67.2 Å². The molecule has 1 aliphatic rings. The number of amides is 1. The van der Waals surface area contributed by atoms with Gasteiger partial charge in [-0.05, 0) is 42.4 Å². The summed E-state index contributed by atoms with van der Waals surface area (Å²) >= 11 is 1.36. The molecule has 1 aromatic heterocycles. The molecule has 0 spiro atoms. The molecule has 0 fully saturated rings. The molecule has 6 heteroatoms. The van der Waals surface area contributed by atoms with Crippen molar-refractivity contribution in [3.63, 3.8) is 0 Å². The molecule has 1 amide bonds. The van der Waals surface area contributed by atoms with Gasteiger partial charge in [0, 0.05) is 5.56 Å². The van der Waals surface area contributed by atoms with Crippen molar-refractivity contribution in [3.05, 3.63) is 65.2 Å². The molecular weight excluding hydrogens is 368 g/mol. The Morgan fingerprint density at radius 2 is 2.04 bits per heavy atom. The van der Waals surface area contributed by atoms with Crippen LogP contribution >= 0.6 is 11.8 Å². The van der Waals surface area contributed by atoms with Crippen molar-refractivity contribution < 1.29 is 4.79 Å². The lowest BCUT2D eigenvalue weighted by Crippen LogP contribution is -2.32. The average molecular weight is 393 g/mol. The number of carbonyl (C=O) groups excluding carboxylic acids is 1. The van der Waals surface area contributed by atoms with Crippen LogP contribution in [-0.4, -0.2) is 26.8 Å². The van der Waals surface area contributed by atoms with Crippen molar-refractivity contribution in [1.82, 2.24) is 20.5 Å².